The van der Waals surface area contributed by atoms with Crippen LogP contribution >= 0.6 is 31.9 Å². The van der Waals surface area contributed by atoms with E-state index in [-0.39, 0.29) is 22.2 Å². The van der Waals surface area contributed by atoms with Gasteiger partial charge in [-0.1, -0.05) is 56.1 Å². The van der Waals surface area contributed by atoms with E-state index in [1.807, 2.05) is 0 Å². The maximum absolute atomic E-state index is 12.8. The molecule has 0 N–H and O–H groups in total. The number of Topliss-reactive ketones (excluding diaryl/α,β-unsaturated/α-hetero) is 1. The summed E-state index contributed by atoms with van der Waals surface area (Å²) < 4.78 is 39.2. The smallest absolute Gasteiger partial charge is 0.294 e. The Balaban J connectivity index is 2.31. The SMILES string of the molecule is O=C(Cc1ccccc1Br)c1ccc(Br)c(C(F)(F)F)c1. The van der Waals surface area contributed by atoms with Crippen LogP contribution in [0.2, 0.25) is 0 Å². The Bertz CT molecular complexity index is 681. The van der Waals surface area contributed by atoms with Crippen molar-refractivity contribution in [1.29, 1.82) is 0 Å². The summed E-state index contributed by atoms with van der Waals surface area (Å²) in [7, 11) is 0. The molecule has 6 heteroatoms. The van der Waals surface area contributed by atoms with Gasteiger partial charge in [-0.25, -0.2) is 0 Å². The highest BCUT2D eigenvalue weighted by Gasteiger charge is 2.33. The molecule has 0 aliphatic rings. The van der Waals surface area contributed by atoms with Crippen LogP contribution in [-0.4, -0.2) is 5.78 Å². The minimum atomic E-state index is -4.50. The maximum Gasteiger partial charge on any atom is 0.417 e. The van der Waals surface area contributed by atoms with Gasteiger partial charge in [-0.3, -0.25) is 4.79 Å². The van der Waals surface area contributed by atoms with E-state index in [4.69, 9.17) is 0 Å². The average Bonchev–Trinajstić information content (AvgIpc) is 2.40. The Kier molecular flexibility index (Phi) is 4.88. The summed E-state index contributed by atoms with van der Waals surface area (Å²) >= 11 is 6.17. The highest BCUT2D eigenvalue weighted by Crippen LogP contribution is 2.35. The molecule has 0 unspecified atom stereocenters. The standard InChI is InChI=1S/C15H9Br2F3O/c16-12-4-2-1-3-9(12)8-14(21)10-5-6-13(17)11(7-10)15(18,19)20/h1-7H,8H2. The summed E-state index contributed by atoms with van der Waals surface area (Å²) in [5.41, 5.74) is -0.0688. The second-order valence-electron chi connectivity index (χ2n) is 4.38. The van der Waals surface area contributed by atoms with Crippen molar-refractivity contribution in [3.05, 3.63) is 68.1 Å². The van der Waals surface area contributed by atoms with Crippen molar-refractivity contribution in [2.24, 2.45) is 0 Å². The van der Waals surface area contributed by atoms with Gasteiger partial charge in [0.2, 0.25) is 0 Å². The molecule has 21 heavy (non-hydrogen) atoms. The summed E-state index contributed by atoms with van der Waals surface area (Å²) in [5, 5.41) is 0. The van der Waals surface area contributed by atoms with Crippen LogP contribution in [0, 0.1) is 0 Å². The third kappa shape index (κ3) is 3.95. The van der Waals surface area contributed by atoms with Gasteiger partial charge in [-0.2, -0.15) is 13.2 Å². The molecule has 0 amide bonds. The van der Waals surface area contributed by atoms with Crippen LogP contribution in [0.25, 0.3) is 0 Å². The molecule has 0 spiro atoms. The summed E-state index contributed by atoms with van der Waals surface area (Å²) in [6, 6.07) is 10.6. The van der Waals surface area contributed by atoms with E-state index in [2.05, 4.69) is 31.9 Å². The molecular weight excluding hydrogens is 413 g/mol. The number of carbonyl (C=O) groups excluding carboxylic acids is 1. The molecule has 0 heterocycles. The molecule has 0 saturated heterocycles. The maximum atomic E-state index is 12.8. The van der Waals surface area contributed by atoms with Crippen molar-refractivity contribution in [2.45, 2.75) is 12.6 Å². The number of ketones is 1. The molecule has 2 rings (SSSR count). The monoisotopic (exact) mass is 420 g/mol. The first-order valence-corrected chi connectivity index (χ1v) is 7.51. The number of hydrogen-bond acceptors (Lipinski definition) is 1. The number of carbonyl (C=O) groups is 1. The lowest BCUT2D eigenvalue weighted by Gasteiger charge is -2.11. The zero-order valence-electron chi connectivity index (χ0n) is 10.5. The first kappa shape index (κ1) is 16.2. The van der Waals surface area contributed by atoms with Crippen LogP contribution in [-0.2, 0) is 12.6 Å². The molecule has 0 aromatic heterocycles. The molecule has 1 nitrogen and oxygen atoms in total. The van der Waals surface area contributed by atoms with Gasteiger partial charge in [-0.15, -0.1) is 0 Å². The van der Waals surface area contributed by atoms with Crippen molar-refractivity contribution in [3.63, 3.8) is 0 Å². The fourth-order valence-electron chi connectivity index (χ4n) is 1.83. The Morgan fingerprint density at radius 3 is 2.29 bits per heavy atom. The van der Waals surface area contributed by atoms with E-state index in [1.165, 1.54) is 12.1 Å². The van der Waals surface area contributed by atoms with E-state index in [0.29, 0.717) is 0 Å². The minimum Gasteiger partial charge on any atom is -0.294 e. The van der Waals surface area contributed by atoms with E-state index in [9.17, 15) is 18.0 Å². The largest absolute Gasteiger partial charge is 0.417 e. The Morgan fingerprint density at radius 2 is 1.67 bits per heavy atom. The highest BCUT2D eigenvalue weighted by molar-refractivity contribution is 9.10. The van der Waals surface area contributed by atoms with Crippen molar-refractivity contribution in [3.8, 4) is 0 Å². The van der Waals surface area contributed by atoms with E-state index in [1.54, 1.807) is 24.3 Å². The predicted octanol–water partition coefficient (Wildman–Crippen LogP) is 5.66. The molecule has 0 atom stereocenters. The molecule has 2 aromatic carbocycles. The van der Waals surface area contributed by atoms with Crippen molar-refractivity contribution in [1.82, 2.24) is 0 Å². The first-order chi connectivity index (χ1) is 9.79. The van der Waals surface area contributed by atoms with Gasteiger partial charge in [0.15, 0.2) is 5.78 Å². The van der Waals surface area contributed by atoms with Crippen molar-refractivity contribution in [2.75, 3.05) is 0 Å². The second kappa shape index (κ2) is 6.32. The van der Waals surface area contributed by atoms with Crippen LogP contribution in [0.4, 0.5) is 13.2 Å². The minimum absolute atomic E-state index is 0.0420. The molecular formula is C15H9Br2F3O. The zero-order chi connectivity index (χ0) is 15.6. The second-order valence-corrected chi connectivity index (χ2v) is 6.09. The number of alkyl halides is 3. The number of benzene rings is 2. The van der Waals surface area contributed by atoms with Crippen LogP contribution in [0.3, 0.4) is 0 Å². The predicted molar refractivity (Wildman–Crippen MR) is 81.3 cm³/mol. The first-order valence-electron chi connectivity index (χ1n) is 5.92. The molecule has 0 fully saturated rings. The molecule has 0 radical (unpaired) electrons. The fraction of sp³-hybridized carbons (Fsp3) is 0.133. The van der Waals surface area contributed by atoms with Gasteiger partial charge in [0.25, 0.3) is 0 Å². The molecule has 0 saturated carbocycles. The van der Waals surface area contributed by atoms with Gasteiger partial charge in [0.05, 0.1) is 5.56 Å². The van der Waals surface area contributed by atoms with Crippen LogP contribution in [0.1, 0.15) is 21.5 Å². The highest BCUT2D eigenvalue weighted by atomic mass is 79.9. The number of hydrogen-bond donors (Lipinski definition) is 0. The summed E-state index contributed by atoms with van der Waals surface area (Å²) in [4.78, 5) is 12.2. The molecule has 2 aromatic rings. The summed E-state index contributed by atoms with van der Waals surface area (Å²) in [6.07, 6.45) is -4.46. The van der Waals surface area contributed by atoms with Gasteiger partial charge in [0.1, 0.15) is 0 Å². The third-order valence-corrected chi connectivity index (χ3v) is 4.37. The lowest BCUT2D eigenvalue weighted by atomic mass is 10.0. The van der Waals surface area contributed by atoms with Gasteiger partial charge < -0.3 is 0 Å². The lowest BCUT2D eigenvalue weighted by Crippen LogP contribution is -2.10. The van der Waals surface area contributed by atoms with E-state index in [0.717, 1.165) is 16.1 Å². The van der Waals surface area contributed by atoms with Crippen LogP contribution in [0.15, 0.2) is 51.4 Å². The van der Waals surface area contributed by atoms with Crippen molar-refractivity contribution < 1.29 is 18.0 Å². The molecule has 0 aliphatic heterocycles. The van der Waals surface area contributed by atoms with E-state index >= 15 is 0 Å². The van der Waals surface area contributed by atoms with E-state index < -0.39 is 11.7 Å². The Morgan fingerprint density at radius 1 is 1.00 bits per heavy atom. The number of rotatable bonds is 3. The summed E-state index contributed by atoms with van der Waals surface area (Å²) in [5.74, 6) is -0.361. The fourth-order valence-corrected chi connectivity index (χ4v) is 2.73. The Labute approximate surface area is 136 Å². The van der Waals surface area contributed by atoms with Crippen LogP contribution in [0.5, 0.6) is 0 Å². The third-order valence-electron chi connectivity index (χ3n) is 2.90. The molecule has 110 valence electrons. The molecule has 0 aliphatic carbocycles. The van der Waals surface area contributed by atoms with Gasteiger partial charge in [0, 0.05) is 20.9 Å². The number of halogens is 5. The van der Waals surface area contributed by atoms with Crippen molar-refractivity contribution >= 4 is 37.6 Å². The average molecular weight is 422 g/mol. The summed E-state index contributed by atoms with van der Waals surface area (Å²) in [6.45, 7) is 0. The zero-order valence-corrected chi connectivity index (χ0v) is 13.7. The Hall–Kier alpha value is -1.14. The van der Waals surface area contributed by atoms with Crippen LogP contribution < -0.4 is 0 Å². The normalized spacial score (nSPS) is 11.5. The van der Waals surface area contributed by atoms with Gasteiger partial charge in [-0.05, 0) is 23.8 Å². The quantitative estimate of drug-likeness (QED) is 0.584. The molecule has 0 bridgehead atoms. The van der Waals surface area contributed by atoms with Gasteiger partial charge >= 0.3 is 6.18 Å². The topological polar surface area (TPSA) is 17.1 Å². The lowest BCUT2D eigenvalue weighted by molar-refractivity contribution is -0.138.